The fraction of sp³-hybridized carbons (Fsp3) is 0.667. The summed E-state index contributed by atoms with van der Waals surface area (Å²) in [5.41, 5.74) is 2.07. The van der Waals surface area contributed by atoms with E-state index in [2.05, 4.69) is 28.7 Å². The van der Waals surface area contributed by atoms with E-state index >= 15 is 0 Å². The Morgan fingerprint density at radius 3 is 2.31 bits per heavy atom. The zero-order valence-corrected chi connectivity index (χ0v) is 11.5. The highest BCUT2D eigenvalue weighted by Gasteiger charge is 2.12. The maximum atomic E-state index is 6.18. The molecule has 1 aromatic rings. The van der Waals surface area contributed by atoms with Crippen molar-refractivity contribution in [2.45, 2.75) is 33.1 Å². The summed E-state index contributed by atoms with van der Waals surface area (Å²) in [5, 5.41) is 0.608. The van der Waals surface area contributed by atoms with Gasteiger partial charge in [-0.3, -0.25) is 0 Å². The Morgan fingerprint density at radius 1 is 1.25 bits per heavy atom. The highest BCUT2D eigenvalue weighted by molar-refractivity contribution is 6.30. The largest absolute Gasteiger partial charge is 0.309 e. The van der Waals surface area contributed by atoms with Gasteiger partial charge < -0.3 is 4.90 Å². The monoisotopic (exact) mass is 241 g/mol. The van der Waals surface area contributed by atoms with E-state index in [0.717, 1.165) is 30.0 Å². The van der Waals surface area contributed by atoms with E-state index in [1.807, 2.05) is 21.0 Å². The van der Waals surface area contributed by atoms with Gasteiger partial charge in [-0.25, -0.2) is 9.97 Å². The van der Waals surface area contributed by atoms with Crippen LogP contribution in [0.1, 0.15) is 36.8 Å². The van der Waals surface area contributed by atoms with Crippen molar-refractivity contribution in [1.29, 1.82) is 0 Å². The molecule has 0 unspecified atom stereocenters. The van der Waals surface area contributed by atoms with Crippen LogP contribution in [0.15, 0.2) is 0 Å². The number of rotatable bonds is 4. The van der Waals surface area contributed by atoms with E-state index in [4.69, 9.17) is 11.6 Å². The average molecular weight is 242 g/mol. The Balaban J connectivity index is 2.92. The van der Waals surface area contributed by atoms with Crippen LogP contribution in [-0.2, 0) is 6.42 Å². The zero-order valence-electron chi connectivity index (χ0n) is 10.7. The molecule has 16 heavy (non-hydrogen) atoms. The molecule has 0 fully saturated rings. The first-order chi connectivity index (χ1) is 7.41. The lowest BCUT2D eigenvalue weighted by Crippen LogP contribution is -2.17. The number of halogens is 1. The SMILES string of the molecule is Cc1nc(CCN(C)C)nc(Cl)c1C(C)C. The molecular weight excluding hydrogens is 222 g/mol. The molecule has 0 aliphatic heterocycles. The van der Waals surface area contributed by atoms with Crippen molar-refractivity contribution < 1.29 is 0 Å². The van der Waals surface area contributed by atoms with E-state index in [1.54, 1.807) is 0 Å². The van der Waals surface area contributed by atoms with Crippen LogP contribution < -0.4 is 0 Å². The van der Waals surface area contributed by atoms with Gasteiger partial charge in [-0.2, -0.15) is 0 Å². The Labute approximate surface area is 103 Å². The third kappa shape index (κ3) is 3.42. The lowest BCUT2D eigenvalue weighted by atomic mass is 10.0. The Morgan fingerprint density at radius 2 is 1.88 bits per heavy atom. The summed E-state index contributed by atoms with van der Waals surface area (Å²) >= 11 is 6.18. The quantitative estimate of drug-likeness (QED) is 0.759. The molecule has 0 bridgehead atoms. The Kier molecular flexibility index (Phi) is 4.69. The second-order valence-electron chi connectivity index (χ2n) is 4.64. The van der Waals surface area contributed by atoms with Crippen LogP contribution in [-0.4, -0.2) is 35.5 Å². The van der Waals surface area contributed by atoms with Gasteiger partial charge in [0, 0.05) is 24.2 Å². The average Bonchev–Trinajstić information content (AvgIpc) is 2.12. The van der Waals surface area contributed by atoms with Gasteiger partial charge in [0.1, 0.15) is 11.0 Å². The summed E-state index contributed by atoms with van der Waals surface area (Å²) in [7, 11) is 4.08. The lowest BCUT2D eigenvalue weighted by molar-refractivity contribution is 0.409. The van der Waals surface area contributed by atoms with Gasteiger partial charge in [0.2, 0.25) is 0 Å². The standard InChI is InChI=1S/C12H20ClN3/c1-8(2)11-9(3)14-10(15-12(11)13)6-7-16(4)5/h8H,6-7H2,1-5H3. The van der Waals surface area contributed by atoms with Crippen molar-refractivity contribution in [2.24, 2.45) is 0 Å². The van der Waals surface area contributed by atoms with Crippen LogP contribution in [0.3, 0.4) is 0 Å². The number of aryl methyl sites for hydroxylation is 1. The molecule has 0 atom stereocenters. The van der Waals surface area contributed by atoms with E-state index in [0.29, 0.717) is 11.1 Å². The second kappa shape index (κ2) is 5.60. The molecule has 0 aliphatic rings. The highest BCUT2D eigenvalue weighted by atomic mass is 35.5. The Hall–Kier alpha value is -0.670. The van der Waals surface area contributed by atoms with Crippen LogP contribution in [0.25, 0.3) is 0 Å². The van der Waals surface area contributed by atoms with Crippen molar-refractivity contribution in [3.8, 4) is 0 Å². The number of hydrogen-bond donors (Lipinski definition) is 0. The number of hydrogen-bond acceptors (Lipinski definition) is 3. The Bertz CT molecular complexity index is 338. The molecule has 1 aromatic heterocycles. The predicted octanol–water partition coefficient (Wildman–Crippen LogP) is 2.67. The minimum Gasteiger partial charge on any atom is -0.309 e. The minimum atomic E-state index is 0.371. The van der Waals surface area contributed by atoms with Crippen LogP contribution in [0.4, 0.5) is 0 Å². The molecule has 0 amide bonds. The summed E-state index contributed by atoms with van der Waals surface area (Å²) in [6.45, 7) is 7.16. The van der Waals surface area contributed by atoms with E-state index < -0.39 is 0 Å². The van der Waals surface area contributed by atoms with Crippen molar-refractivity contribution in [1.82, 2.24) is 14.9 Å². The first-order valence-corrected chi connectivity index (χ1v) is 5.97. The van der Waals surface area contributed by atoms with Gasteiger partial charge in [0.25, 0.3) is 0 Å². The van der Waals surface area contributed by atoms with Gasteiger partial charge in [-0.1, -0.05) is 25.4 Å². The third-order valence-corrected chi connectivity index (χ3v) is 2.78. The minimum absolute atomic E-state index is 0.371. The second-order valence-corrected chi connectivity index (χ2v) is 5.00. The molecule has 1 heterocycles. The van der Waals surface area contributed by atoms with Crippen molar-refractivity contribution in [3.63, 3.8) is 0 Å². The number of nitrogens with zero attached hydrogens (tertiary/aromatic N) is 3. The summed E-state index contributed by atoms with van der Waals surface area (Å²) in [6.07, 6.45) is 0.839. The van der Waals surface area contributed by atoms with E-state index in [-0.39, 0.29) is 0 Å². The van der Waals surface area contributed by atoms with Gasteiger partial charge in [0.05, 0.1) is 0 Å². The molecule has 3 nitrogen and oxygen atoms in total. The van der Waals surface area contributed by atoms with Crippen LogP contribution in [0.2, 0.25) is 5.15 Å². The summed E-state index contributed by atoms with van der Waals surface area (Å²) in [5.74, 6) is 1.20. The van der Waals surface area contributed by atoms with Gasteiger partial charge in [0.15, 0.2) is 0 Å². The molecular formula is C12H20ClN3. The lowest BCUT2D eigenvalue weighted by Gasteiger charge is -2.13. The summed E-state index contributed by atoms with van der Waals surface area (Å²) in [6, 6.07) is 0. The maximum absolute atomic E-state index is 6.18. The molecule has 0 N–H and O–H groups in total. The molecule has 0 saturated heterocycles. The number of aromatic nitrogens is 2. The first-order valence-electron chi connectivity index (χ1n) is 5.59. The predicted molar refractivity (Wildman–Crippen MR) is 68.1 cm³/mol. The molecule has 90 valence electrons. The molecule has 0 aromatic carbocycles. The van der Waals surface area contributed by atoms with E-state index in [9.17, 15) is 0 Å². The molecule has 1 rings (SSSR count). The van der Waals surface area contributed by atoms with Crippen molar-refractivity contribution in [2.75, 3.05) is 20.6 Å². The fourth-order valence-corrected chi connectivity index (χ4v) is 2.15. The molecule has 0 aliphatic carbocycles. The van der Waals surface area contributed by atoms with Crippen molar-refractivity contribution >= 4 is 11.6 Å². The maximum Gasteiger partial charge on any atom is 0.136 e. The fourth-order valence-electron chi connectivity index (χ4n) is 1.69. The van der Waals surface area contributed by atoms with Gasteiger partial charge >= 0.3 is 0 Å². The highest BCUT2D eigenvalue weighted by Crippen LogP contribution is 2.24. The molecule has 0 spiro atoms. The third-order valence-electron chi connectivity index (χ3n) is 2.50. The zero-order chi connectivity index (χ0) is 12.3. The summed E-state index contributed by atoms with van der Waals surface area (Å²) < 4.78 is 0. The van der Waals surface area contributed by atoms with E-state index in [1.165, 1.54) is 0 Å². The molecule has 0 radical (unpaired) electrons. The van der Waals surface area contributed by atoms with Crippen LogP contribution >= 0.6 is 11.6 Å². The van der Waals surface area contributed by atoms with Crippen LogP contribution in [0, 0.1) is 6.92 Å². The number of likely N-dealkylation sites (N-methyl/N-ethyl adjacent to an activating group) is 1. The topological polar surface area (TPSA) is 29.0 Å². The van der Waals surface area contributed by atoms with Gasteiger partial charge in [-0.15, -0.1) is 0 Å². The van der Waals surface area contributed by atoms with Crippen LogP contribution in [0.5, 0.6) is 0 Å². The normalized spacial score (nSPS) is 11.5. The smallest absolute Gasteiger partial charge is 0.136 e. The van der Waals surface area contributed by atoms with Gasteiger partial charge in [-0.05, 0) is 26.9 Å². The summed E-state index contributed by atoms with van der Waals surface area (Å²) in [4.78, 5) is 11.0. The first kappa shape index (κ1) is 13.4. The molecule has 4 heteroatoms. The molecule has 0 saturated carbocycles. The van der Waals surface area contributed by atoms with Crippen molar-refractivity contribution in [3.05, 3.63) is 22.2 Å².